The maximum Gasteiger partial charge on any atom is 0.307 e. The van der Waals surface area contributed by atoms with Gasteiger partial charge in [0.05, 0.1) is 19.6 Å². The fourth-order valence-electron chi connectivity index (χ4n) is 3.46. The van der Waals surface area contributed by atoms with E-state index < -0.39 is 12.0 Å². The number of benzene rings is 2. The Kier molecular flexibility index (Phi) is 8.54. The van der Waals surface area contributed by atoms with Gasteiger partial charge in [-0.15, -0.1) is 0 Å². The van der Waals surface area contributed by atoms with Gasteiger partial charge in [-0.3, -0.25) is 24.1 Å². The summed E-state index contributed by atoms with van der Waals surface area (Å²) >= 11 is 0. The number of esters is 1. The largest absolute Gasteiger partial charge is 0.466 e. The molecule has 0 saturated carbocycles. The van der Waals surface area contributed by atoms with Gasteiger partial charge in [0.1, 0.15) is 6.04 Å². The van der Waals surface area contributed by atoms with Crippen molar-refractivity contribution in [1.82, 2.24) is 10.2 Å². The first-order valence-electron chi connectivity index (χ1n) is 10.9. The monoisotopic (exact) mass is 452 g/mol. The first kappa shape index (κ1) is 23.9. The highest BCUT2D eigenvalue weighted by molar-refractivity contribution is 6.04. The minimum absolute atomic E-state index is 0.0558. The van der Waals surface area contributed by atoms with Gasteiger partial charge in [0.25, 0.3) is 5.91 Å². The number of amides is 3. The summed E-state index contributed by atoms with van der Waals surface area (Å²) in [5, 5.41) is 8.31. The van der Waals surface area contributed by atoms with Crippen molar-refractivity contribution < 1.29 is 23.9 Å². The molecular weight excluding hydrogens is 424 g/mol. The Morgan fingerprint density at radius 1 is 1.06 bits per heavy atom. The molecule has 0 bridgehead atoms. The quantitative estimate of drug-likeness (QED) is 0.501. The minimum Gasteiger partial charge on any atom is -0.466 e. The van der Waals surface area contributed by atoms with Crippen molar-refractivity contribution in [2.75, 3.05) is 36.9 Å². The molecule has 1 saturated heterocycles. The second-order valence-corrected chi connectivity index (χ2v) is 7.65. The van der Waals surface area contributed by atoms with Gasteiger partial charge >= 0.3 is 5.97 Å². The van der Waals surface area contributed by atoms with E-state index >= 15 is 0 Å². The van der Waals surface area contributed by atoms with Crippen molar-refractivity contribution in [2.24, 2.45) is 0 Å². The number of carbonyl (C=O) groups is 4. The van der Waals surface area contributed by atoms with Crippen LogP contribution in [-0.2, 0) is 19.1 Å². The maximum atomic E-state index is 12.7. The van der Waals surface area contributed by atoms with E-state index in [1.54, 1.807) is 53.4 Å². The van der Waals surface area contributed by atoms with Crippen LogP contribution >= 0.6 is 0 Å². The maximum absolute atomic E-state index is 12.7. The summed E-state index contributed by atoms with van der Waals surface area (Å²) in [6.07, 6.45) is 0.583. The van der Waals surface area contributed by atoms with Crippen LogP contribution in [0.1, 0.15) is 30.1 Å². The number of hydrogen-bond acceptors (Lipinski definition) is 6. The molecule has 9 heteroatoms. The van der Waals surface area contributed by atoms with Crippen molar-refractivity contribution in [3.8, 4) is 0 Å². The van der Waals surface area contributed by atoms with Crippen molar-refractivity contribution in [3.05, 3.63) is 60.2 Å². The summed E-state index contributed by atoms with van der Waals surface area (Å²) < 4.78 is 5.09. The number of piperazine rings is 1. The zero-order valence-corrected chi connectivity index (χ0v) is 18.5. The highest BCUT2D eigenvalue weighted by atomic mass is 16.5. The van der Waals surface area contributed by atoms with Crippen LogP contribution in [-0.4, -0.2) is 60.9 Å². The lowest BCUT2D eigenvalue weighted by Crippen LogP contribution is -2.57. The van der Waals surface area contributed by atoms with Crippen LogP contribution < -0.4 is 16.0 Å². The lowest BCUT2D eigenvalue weighted by atomic mass is 10.1. The molecule has 0 aromatic heterocycles. The SMILES string of the molecule is CCCOC(=O)CC1C(=O)NCCN1CC(=O)Nc1cccc(NC(=O)c2ccccc2)c1. The van der Waals surface area contributed by atoms with E-state index in [1.165, 1.54) is 0 Å². The van der Waals surface area contributed by atoms with Crippen LogP contribution in [0.2, 0.25) is 0 Å². The van der Waals surface area contributed by atoms with E-state index in [0.717, 1.165) is 0 Å². The molecule has 174 valence electrons. The van der Waals surface area contributed by atoms with Crippen molar-refractivity contribution in [3.63, 3.8) is 0 Å². The summed E-state index contributed by atoms with van der Waals surface area (Å²) in [4.78, 5) is 51.0. The van der Waals surface area contributed by atoms with Crippen molar-refractivity contribution in [2.45, 2.75) is 25.8 Å². The molecule has 0 radical (unpaired) electrons. The third kappa shape index (κ3) is 7.15. The second kappa shape index (κ2) is 11.8. The fourth-order valence-corrected chi connectivity index (χ4v) is 3.46. The van der Waals surface area contributed by atoms with E-state index in [2.05, 4.69) is 16.0 Å². The number of ether oxygens (including phenoxy) is 1. The summed E-state index contributed by atoms with van der Waals surface area (Å²) in [6.45, 7) is 2.97. The Morgan fingerprint density at radius 2 is 1.79 bits per heavy atom. The van der Waals surface area contributed by atoms with Gasteiger partial charge in [0.15, 0.2) is 0 Å². The molecule has 1 heterocycles. The molecule has 2 aromatic carbocycles. The Balaban J connectivity index is 1.59. The van der Waals surface area contributed by atoms with Crippen LogP contribution in [0.15, 0.2) is 54.6 Å². The van der Waals surface area contributed by atoms with Gasteiger partial charge in [-0.1, -0.05) is 31.2 Å². The molecule has 1 aliphatic rings. The summed E-state index contributed by atoms with van der Waals surface area (Å²) in [7, 11) is 0. The molecule has 3 amide bonds. The average Bonchev–Trinajstić information content (AvgIpc) is 2.80. The van der Waals surface area contributed by atoms with E-state index in [0.29, 0.717) is 43.1 Å². The lowest BCUT2D eigenvalue weighted by molar-refractivity contribution is -0.148. The van der Waals surface area contributed by atoms with E-state index in [-0.39, 0.29) is 30.7 Å². The van der Waals surface area contributed by atoms with E-state index in [9.17, 15) is 19.2 Å². The highest BCUT2D eigenvalue weighted by Crippen LogP contribution is 2.17. The van der Waals surface area contributed by atoms with Crippen LogP contribution in [0.5, 0.6) is 0 Å². The number of carbonyl (C=O) groups excluding carboxylic acids is 4. The number of nitrogens with zero attached hydrogens (tertiary/aromatic N) is 1. The van der Waals surface area contributed by atoms with Gasteiger partial charge in [0, 0.05) is 30.0 Å². The van der Waals surface area contributed by atoms with E-state index in [4.69, 9.17) is 4.74 Å². The standard InChI is InChI=1S/C24H28N4O5/c1-2-13-33-22(30)15-20-24(32)25-11-12-28(20)16-21(29)26-18-9-6-10-19(14-18)27-23(31)17-7-4-3-5-8-17/h3-10,14,20H,2,11-13,15-16H2,1H3,(H,25,32)(H,26,29)(H,27,31). The predicted octanol–water partition coefficient (Wildman–Crippen LogP) is 2.02. The third-order valence-corrected chi connectivity index (χ3v) is 5.06. The molecular formula is C24H28N4O5. The Hall–Kier alpha value is -3.72. The number of hydrogen-bond donors (Lipinski definition) is 3. The molecule has 2 aromatic rings. The highest BCUT2D eigenvalue weighted by Gasteiger charge is 2.33. The molecule has 33 heavy (non-hydrogen) atoms. The third-order valence-electron chi connectivity index (χ3n) is 5.06. The molecule has 0 aliphatic carbocycles. The summed E-state index contributed by atoms with van der Waals surface area (Å²) in [6, 6.07) is 14.9. The molecule has 0 spiro atoms. The predicted molar refractivity (Wildman–Crippen MR) is 124 cm³/mol. The van der Waals surface area contributed by atoms with Gasteiger partial charge in [0.2, 0.25) is 11.8 Å². The summed E-state index contributed by atoms with van der Waals surface area (Å²) in [5.74, 6) is -1.35. The topological polar surface area (TPSA) is 117 Å². The Bertz CT molecular complexity index is 995. The zero-order chi connectivity index (χ0) is 23.6. The van der Waals surface area contributed by atoms with E-state index in [1.807, 2.05) is 13.0 Å². The average molecular weight is 453 g/mol. The van der Waals surface area contributed by atoms with Gasteiger partial charge < -0.3 is 20.7 Å². The van der Waals surface area contributed by atoms with Crippen molar-refractivity contribution >= 4 is 35.1 Å². The number of rotatable bonds is 9. The molecule has 1 aliphatic heterocycles. The van der Waals surface area contributed by atoms with Crippen LogP contribution in [0.25, 0.3) is 0 Å². The fraction of sp³-hybridized carbons (Fsp3) is 0.333. The van der Waals surface area contributed by atoms with Crippen LogP contribution in [0.3, 0.4) is 0 Å². The zero-order valence-electron chi connectivity index (χ0n) is 18.5. The molecule has 3 rings (SSSR count). The number of nitrogens with one attached hydrogen (secondary N) is 3. The first-order valence-corrected chi connectivity index (χ1v) is 10.9. The minimum atomic E-state index is -0.759. The lowest BCUT2D eigenvalue weighted by Gasteiger charge is -2.33. The van der Waals surface area contributed by atoms with Crippen LogP contribution in [0.4, 0.5) is 11.4 Å². The molecule has 1 unspecified atom stereocenters. The normalized spacial score (nSPS) is 15.9. The Labute approximate surface area is 192 Å². The smallest absolute Gasteiger partial charge is 0.307 e. The Morgan fingerprint density at radius 3 is 2.52 bits per heavy atom. The summed E-state index contributed by atoms with van der Waals surface area (Å²) in [5.41, 5.74) is 1.57. The van der Waals surface area contributed by atoms with Crippen molar-refractivity contribution in [1.29, 1.82) is 0 Å². The van der Waals surface area contributed by atoms with Gasteiger partial charge in [-0.25, -0.2) is 0 Å². The molecule has 1 fully saturated rings. The molecule has 3 N–H and O–H groups in total. The number of anilines is 2. The molecule has 9 nitrogen and oxygen atoms in total. The van der Waals surface area contributed by atoms with Crippen LogP contribution in [0, 0.1) is 0 Å². The van der Waals surface area contributed by atoms with Gasteiger partial charge in [-0.2, -0.15) is 0 Å². The van der Waals surface area contributed by atoms with Gasteiger partial charge in [-0.05, 0) is 36.8 Å². The first-order chi connectivity index (χ1) is 16.0. The second-order valence-electron chi connectivity index (χ2n) is 7.65. The molecule has 1 atom stereocenters.